The third-order valence-corrected chi connectivity index (χ3v) is 3.36. The quantitative estimate of drug-likeness (QED) is 0.857. The van der Waals surface area contributed by atoms with Gasteiger partial charge in [-0.2, -0.15) is 5.10 Å². The number of fused-ring (bicyclic) bond motifs is 1. The molecule has 0 amide bonds. The summed E-state index contributed by atoms with van der Waals surface area (Å²) in [5.41, 5.74) is 0.752. The Bertz CT molecular complexity index is 503. The third-order valence-electron chi connectivity index (χ3n) is 3.36. The fraction of sp³-hybridized carbons (Fsp3) is 0.545. The summed E-state index contributed by atoms with van der Waals surface area (Å²) < 4.78 is 12.6. The van der Waals surface area contributed by atoms with Gasteiger partial charge in [0.2, 0.25) is 0 Å². The molecule has 0 atom stereocenters. The number of alkyl halides is 1. The van der Waals surface area contributed by atoms with Gasteiger partial charge in [-0.25, -0.2) is 9.97 Å². The number of halogens is 1. The lowest BCUT2D eigenvalue weighted by atomic mass is 9.98. The van der Waals surface area contributed by atoms with Crippen molar-refractivity contribution >= 4 is 16.9 Å². The summed E-state index contributed by atoms with van der Waals surface area (Å²) in [6, 6.07) is 0. The second-order valence-corrected chi connectivity index (χ2v) is 4.41. The molecule has 2 aromatic rings. The highest BCUT2D eigenvalue weighted by Crippen LogP contribution is 2.26. The van der Waals surface area contributed by atoms with Crippen LogP contribution in [0.5, 0.6) is 0 Å². The van der Waals surface area contributed by atoms with Crippen LogP contribution in [0.2, 0.25) is 0 Å². The van der Waals surface area contributed by atoms with Crippen LogP contribution in [0.1, 0.15) is 12.8 Å². The van der Waals surface area contributed by atoms with Crippen LogP contribution in [0.15, 0.2) is 12.5 Å². The van der Waals surface area contributed by atoms with Gasteiger partial charge >= 0.3 is 0 Å². The summed E-state index contributed by atoms with van der Waals surface area (Å²) in [4.78, 5) is 10.6. The van der Waals surface area contributed by atoms with E-state index in [1.54, 1.807) is 6.20 Å². The van der Waals surface area contributed by atoms with Crippen LogP contribution >= 0.6 is 0 Å². The van der Waals surface area contributed by atoms with E-state index in [9.17, 15) is 4.39 Å². The van der Waals surface area contributed by atoms with E-state index in [2.05, 4.69) is 25.1 Å². The van der Waals surface area contributed by atoms with Crippen LogP contribution in [0, 0.1) is 5.92 Å². The van der Waals surface area contributed by atoms with Crippen molar-refractivity contribution in [2.45, 2.75) is 12.8 Å². The maximum atomic E-state index is 12.6. The van der Waals surface area contributed by atoms with Gasteiger partial charge in [0.05, 0.1) is 18.3 Å². The van der Waals surface area contributed by atoms with E-state index in [-0.39, 0.29) is 12.6 Å². The Morgan fingerprint density at radius 1 is 1.35 bits per heavy atom. The van der Waals surface area contributed by atoms with Crippen LogP contribution in [-0.2, 0) is 0 Å². The van der Waals surface area contributed by atoms with Gasteiger partial charge in [-0.05, 0) is 18.8 Å². The molecule has 0 aromatic carbocycles. The van der Waals surface area contributed by atoms with Gasteiger partial charge in [-0.15, -0.1) is 0 Å². The smallest absolute Gasteiger partial charge is 0.160 e. The van der Waals surface area contributed by atoms with Crippen molar-refractivity contribution in [3.63, 3.8) is 0 Å². The molecule has 2 aromatic heterocycles. The molecule has 3 heterocycles. The first kappa shape index (κ1) is 10.4. The zero-order valence-electron chi connectivity index (χ0n) is 9.43. The Morgan fingerprint density at radius 2 is 2.18 bits per heavy atom. The molecule has 1 fully saturated rings. The second-order valence-electron chi connectivity index (χ2n) is 4.41. The molecular weight excluding hydrogens is 221 g/mol. The minimum atomic E-state index is -0.210. The van der Waals surface area contributed by atoms with E-state index in [1.807, 2.05) is 0 Å². The third kappa shape index (κ3) is 1.83. The van der Waals surface area contributed by atoms with Crippen LogP contribution in [-0.4, -0.2) is 39.9 Å². The minimum Gasteiger partial charge on any atom is -0.356 e. The number of hydrogen-bond donors (Lipinski definition) is 1. The average molecular weight is 235 g/mol. The molecule has 0 radical (unpaired) electrons. The van der Waals surface area contributed by atoms with Crippen LogP contribution < -0.4 is 4.90 Å². The zero-order chi connectivity index (χ0) is 11.7. The average Bonchev–Trinajstić information content (AvgIpc) is 2.87. The van der Waals surface area contributed by atoms with Gasteiger partial charge in [0.15, 0.2) is 5.65 Å². The molecular formula is C11H14FN5. The molecule has 0 unspecified atom stereocenters. The summed E-state index contributed by atoms with van der Waals surface area (Å²) in [7, 11) is 0. The van der Waals surface area contributed by atoms with Gasteiger partial charge in [-0.1, -0.05) is 0 Å². The zero-order valence-corrected chi connectivity index (χ0v) is 9.43. The highest BCUT2D eigenvalue weighted by atomic mass is 19.1. The van der Waals surface area contributed by atoms with Crippen LogP contribution in [0.3, 0.4) is 0 Å². The molecule has 1 aliphatic heterocycles. The lowest BCUT2D eigenvalue weighted by molar-refractivity contribution is 0.307. The van der Waals surface area contributed by atoms with E-state index < -0.39 is 0 Å². The number of nitrogens with zero attached hydrogens (tertiary/aromatic N) is 4. The first-order chi connectivity index (χ1) is 8.38. The summed E-state index contributed by atoms with van der Waals surface area (Å²) >= 11 is 0. The molecule has 0 bridgehead atoms. The van der Waals surface area contributed by atoms with Crippen molar-refractivity contribution in [2.75, 3.05) is 24.7 Å². The standard InChI is InChI=1S/C11H14FN5/c12-5-8-1-3-17(4-2-8)11-9-6-15-16-10(9)13-7-14-11/h6-8H,1-5H2,(H,13,14,15,16). The summed E-state index contributed by atoms with van der Waals surface area (Å²) in [5.74, 6) is 1.12. The Balaban J connectivity index is 1.87. The molecule has 0 aliphatic carbocycles. The van der Waals surface area contributed by atoms with E-state index in [0.717, 1.165) is 42.8 Å². The van der Waals surface area contributed by atoms with Gasteiger partial charge in [0, 0.05) is 13.1 Å². The fourth-order valence-corrected chi connectivity index (χ4v) is 2.30. The highest BCUT2D eigenvalue weighted by Gasteiger charge is 2.21. The van der Waals surface area contributed by atoms with Gasteiger partial charge in [0.1, 0.15) is 12.1 Å². The van der Waals surface area contributed by atoms with Crippen molar-refractivity contribution in [3.8, 4) is 0 Å². The first-order valence-corrected chi connectivity index (χ1v) is 5.83. The number of hydrogen-bond acceptors (Lipinski definition) is 4. The van der Waals surface area contributed by atoms with E-state index in [0.29, 0.717) is 0 Å². The molecule has 90 valence electrons. The minimum absolute atomic E-state index is 0.210. The lowest BCUT2D eigenvalue weighted by Crippen LogP contribution is -2.34. The number of aromatic nitrogens is 4. The Kier molecular flexibility index (Phi) is 2.62. The topological polar surface area (TPSA) is 57.7 Å². The van der Waals surface area contributed by atoms with Crippen molar-refractivity contribution in [3.05, 3.63) is 12.5 Å². The second kappa shape index (κ2) is 4.27. The first-order valence-electron chi connectivity index (χ1n) is 5.83. The molecule has 6 heteroatoms. The Hall–Kier alpha value is -1.72. The molecule has 1 N–H and O–H groups in total. The maximum Gasteiger partial charge on any atom is 0.160 e. The number of aromatic amines is 1. The highest BCUT2D eigenvalue weighted by molar-refractivity contribution is 5.86. The lowest BCUT2D eigenvalue weighted by Gasteiger charge is -2.31. The SMILES string of the molecule is FCC1CCN(c2ncnc3[nH]ncc23)CC1. The normalized spacial score (nSPS) is 17.8. The molecule has 1 saturated heterocycles. The van der Waals surface area contributed by atoms with Gasteiger partial charge in [-0.3, -0.25) is 9.49 Å². The summed E-state index contributed by atoms with van der Waals surface area (Å²) in [5, 5.41) is 7.74. The molecule has 0 spiro atoms. The van der Waals surface area contributed by atoms with Gasteiger partial charge < -0.3 is 4.90 Å². The summed E-state index contributed by atoms with van der Waals surface area (Å²) in [6.45, 7) is 1.50. The summed E-state index contributed by atoms with van der Waals surface area (Å²) in [6.07, 6.45) is 5.06. The van der Waals surface area contributed by atoms with Crippen molar-refractivity contribution in [1.82, 2.24) is 20.2 Å². The van der Waals surface area contributed by atoms with E-state index >= 15 is 0 Å². The predicted octanol–water partition coefficient (Wildman–Crippen LogP) is 1.54. The van der Waals surface area contributed by atoms with Gasteiger partial charge in [0.25, 0.3) is 0 Å². The Labute approximate surface area is 98.1 Å². The number of anilines is 1. The monoisotopic (exact) mass is 235 g/mol. The molecule has 5 nitrogen and oxygen atoms in total. The Morgan fingerprint density at radius 3 is 2.94 bits per heavy atom. The molecule has 17 heavy (non-hydrogen) atoms. The maximum absolute atomic E-state index is 12.6. The van der Waals surface area contributed by atoms with E-state index in [1.165, 1.54) is 6.33 Å². The number of rotatable bonds is 2. The molecule has 3 rings (SSSR count). The van der Waals surface area contributed by atoms with Crippen molar-refractivity contribution in [2.24, 2.45) is 5.92 Å². The number of nitrogens with one attached hydrogen (secondary N) is 1. The number of piperidine rings is 1. The largest absolute Gasteiger partial charge is 0.356 e. The molecule has 1 aliphatic rings. The van der Waals surface area contributed by atoms with Crippen LogP contribution in [0.25, 0.3) is 11.0 Å². The van der Waals surface area contributed by atoms with Crippen LogP contribution in [0.4, 0.5) is 10.2 Å². The fourth-order valence-electron chi connectivity index (χ4n) is 2.30. The van der Waals surface area contributed by atoms with E-state index in [4.69, 9.17) is 0 Å². The number of H-pyrrole nitrogens is 1. The molecule has 0 saturated carbocycles. The van der Waals surface area contributed by atoms with Crippen molar-refractivity contribution < 1.29 is 4.39 Å². The predicted molar refractivity (Wildman–Crippen MR) is 62.6 cm³/mol. The van der Waals surface area contributed by atoms with Crippen molar-refractivity contribution in [1.29, 1.82) is 0 Å².